The molecule has 1 aromatic carbocycles. The monoisotopic (exact) mass is 262 g/mol. The molecule has 1 fully saturated rings. The van der Waals surface area contributed by atoms with Gasteiger partial charge in [-0.1, -0.05) is 6.07 Å². The van der Waals surface area contributed by atoms with Crippen LogP contribution in [0.15, 0.2) is 18.2 Å². The van der Waals surface area contributed by atoms with Gasteiger partial charge < -0.3 is 10.1 Å². The molecule has 5 nitrogen and oxygen atoms in total. The van der Waals surface area contributed by atoms with Gasteiger partial charge in [-0.05, 0) is 19.0 Å². The van der Waals surface area contributed by atoms with Crippen molar-refractivity contribution in [1.29, 1.82) is 0 Å². The van der Waals surface area contributed by atoms with Gasteiger partial charge >= 0.3 is 5.69 Å². The second kappa shape index (κ2) is 5.79. The molecule has 0 saturated carbocycles. The standard InChI is InChI=1S/C10H11FN2O3.ClH/c11-8-2-1-3-9(13(14)15)10(8)16-7-4-5-12-6-7;/h1-3,7,12H,4-6H2;1H. The molecule has 1 aromatic rings. The van der Waals surface area contributed by atoms with Gasteiger partial charge in [-0.25, -0.2) is 4.39 Å². The molecule has 0 amide bonds. The van der Waals surface area contributed by atoms with Crippen molar-refractivity contribution in [2.75, 3.05) is 13.1 Å². The number of nitro benzene ring substituents is 1. The van der Waals surface area contributed by atoms with Gasteiger partial charge in [-0.2, -0.15) is 0 Å². The van der Waals surface area contributed by atoms with E-state index in [0.29, 0.717) is 6.54 Å². The van der Waals surface area contributed by atoms with Crippen molar-refractivity contribution in [2.24, 2.45) is 0 Å². The number of rotatable bonds is 3. The molecule has 2 rings (SSSR count). The molecule has 0 spiro atoms. The molecule has 0 aromatic heterocycles. The molecule has 1 aliphatic heterocycles. The Morgan fingerprint density at radius 3 is 2.88 bits per heavy atom. The lowest BCUT2D eigenvalue weighted by Crippen LogP contribution is -2.20. The Labute approximate surface area is 104 Å². The number of ether oxygens (including phenoxy) is 1. The SMILES string of the molecule is Cl.O=[N+]([O-])c1cccc(F)c1OC1CCNC1. The van der Waals surface area contributed by atoms with Crippen LogP contribution in [0.4, 0.5) is 10.1 Å². The van der Waals surface area contributed by atoms with Gasteiger partial charge in [0.15, 0.2) is 5.82 Å². The predicted octanol–water partition coefficient (Wildman–Crippen LogP) is 1.90. The maximum atomic E-state index is 13.4. The van der Waals surface area contributed by atoms with Crippen LogP contribution in [0.3, 0.4) is 0 Å². The van der Waals surface area contributed by atoms with E-state index in [2.05, 4.69) is 5.32 Å². The summed E-state index contributed by atoms with van der Waals surface area (Å²) in [6, 6.07) is 3.69. The minimum atomic E-state index is -0.693. The predicted molar refractivity (Wildman–Crippen MR) is 62.2 cm³/mol. The van der Waals surface area contributed by atoms with Gasteiger partial charge in [0.25, 0.3) is 0 Å². The van der Waals surface area contributed by atoms with E-state index in [1.165, 1.54) is 12.1 Å². The molecule has 94 valence electrons. The summed E-state index contributed by atoms with van der Waals surface area (Å²) < 4.78 is 18.7. The summed E-state index contributed by atoms with van der Waals surface area (Å²) in [5.41, 5.74) is -0.327. The van der Waals surface area contributed by atoms with Crippen molar-refractivity contribution in [2.45, 2.75) is 12.5 Å². The van der Waals surface area contributed by atoms with Crippen LogP contribution < -0.4 is 10.1 Å². The van der Waals surface area contributed by atoms with E-state index in [9.17, 15) is 14.5 Å². The average Bonchev–Trinajstić information content (AvgIpc) is 2.73. The van der Waals surface area contributed by atoms with Crippen LogP contribution in [0.25, 0.3) is 0 Å². The van der Waals surface area contributed by atoms with Crippen molar-refractivity contribution in [3.8, 4) is 5.75 Å². The Kier molecular flexibility index (Phi) is 4.65. The lowest BCUT2D eigenvalue weighted by molar-refractivity contribution is -0.386. The van der Waals surface area contributed by atoms with Crippen LogP contribution in [-0.4, -0.2) is 24.1 Å². The summed E-state index contributed by atoms with van der Waals surface area (Å²) in [4.78, 5) is 10.1. The van der Waals surface area contributed by atoms with Crippen LogP contribution in [0, 0.1) is 15.9 Å². The summed E-state index contributed by atoms with van der Waals surface area (Å²) in [5.74, 6) is -0.956. The van der Waals surface area contributed by atoms with Crippen LogP contribution in [0.5, 0.6) is 5.75 Å². The highest BCUT2D eigenvalue weighted by atomic mass is 35.5. The molecule has 0 aliphatic carbocycles. The highest BCUT2D eigenvalue weighted by molar-refractivity contribution is 5.85. The summed E-state index contributed by atoms with van der Waals surface area (Å²) in [7, 11) is 0. The molecule has 0 radical (unpaired) electrons. The number of nitrogens with one attached hydrogen (secondary N) is 1. The first kappa shape index (κ1) is 13.7. The smallest absolute Gasteiger partial charge is 0.314 e. The highest BCUT2D eigenvalue weighted by Crippen LogP contribution is 2.31. The Balaban J connectivity index is 0.00000144. The zero-order chi connectivity index (χ0) is 11.5. The fourth-order valence-corrected chi connectivity index (χ4v) is 1.65. The first-order chi connectivity index (χ1) is 7.68. The molecule has 1 heterocycles. The van der Waals surface area contributed by atoms with Crippen molar-refractivity contribution in [1.82, 2.24) is 5.32 Å². The highest BCUT2D eigenvalue weighted by Gasteiger charge is 2.24. The molecule has 17 heavy (non-hydrogen) atoms. The van der Waals surface area contributed by atoms with Gasteiger partial charge in [0.1, 0.15) is 6.10 Å². The van der Waals surface area contributed by atoms with Gasteiger partial charge in [-0.15, -0.1) is 12.4 Å². The average molecular weight is 263 g/mol. The van der Waals surface area contributed by atoms with E-state index >= 15 is 0 Å². The number of nitrogens with zero attached hydrogens (tertiary/aromatic N) is 1. The summed E-state index contributed by atoms with van der Waals surface area (Å²) in [5, 5.41) is 13.7. The number of para-hydroxylation sites is 1. The van der Waals surface area contributed by atoms with Crippen molar-refractivity contribution in [3.05, 3.63) is 34.1 Å². The topological polar surface area (TPSA) is 64.4 Å². The van der Waals surface area contributed by atoms with E-state index in [1.807, 2.05) is 0 Å². The summed E-state index contributed by atoms with van der Waals surface area (Å²) in [6.45, 7) is 1.37. The van der Waals surface area contributed by atoms with E-state index in [-0.39, 0.29) is 29.9 Å². The minimum Gasteiger partial charge on any atom is -0.480 e. The quantitative estimate of drug-likeness (QED) is 0.667. The molecular formula is C10H12ClFN2O3. The van der Waals surface area contributed by atoms with Gasteiger partial charge in [0, 0.05) is 12.6 Å². The van der Waals surface area contributed by atoms with Crippen molar-refractivity contribution < 1.29 is 14.1 Å². The lowest BCUT2D eigenvalue weighted by atomic mass is 10.2. The second-order valence-corrected chi connectivity index (χ2v) is 3.58. The zero-order valence-corrected chi connectivity index (χ0v) is 9.71. The molecule has 1 aliphatic rings. The van der Waals surface area contributed by atoms with Crippen molar-refractivity contribution >= 4 is 18.1 Å². The van der Waals surface area contributed by atoms with Crippen LogP contribution in [-0.2, 0) is 0 Å². The Hall–Kier alpha value is -1.40. The largest absolute Gasteiger partial charge is 0.480 e. The fraction of sp³-hybridized carbons (Fsp3) is 0.400. The van der Waals surface area contributed by atoms with Crippen molar-refractivity contribution in [3.63, 3.8) is 0 Å². The van der Waals surface area contributed by atoms with Gasteiger partial charge in [-0.3, -0.25) is 10.1 Å². The number of hydrogen-bond donors (Lipinski definition) is 1. The Morgan fingerprint density at radius 1 is 1.53 bits per heavy atom. The first-order valence-electron chi connectivity index (χ1n) is 4.99. The maximum Gasteiger partial charge on any atom is 0.314 e. The number of hydrogen-bond acceptors (Lipinski definition) is 4. The second-order valence-electron chi connectivity index (χ2n) is 3.58. The number of nitro groups is 1. The normalized spacial score (nSPS) is 18.5. The number of halogens is 2. The zero-order valence-electron chi connectivity index (χ0n) is 8.89. The van der Waals surface area contributed by atoms with E-state index in [0.717, 1.165) is 19.0 Å². The molecule has 1 atom stereocenters. The lowest BCUT2D eigenvalue weighted by Gasteiger charge is -2.12. The number of benzene rings is 1. The third-order valence-corrected chi connectivity index (χ3v) is 2.44. The first-order valence-corrected chi connectivity index (χ1v) is 4.99. The van der Waals surface area contributed by atoms with Gasteiger partial charge in [0.2, 0.25) is 5.75 Å². The maximum absolute atomic E-state index is 13.4. The van der Waals surface area contributed by atoms with E-state index in [4.69, 9.17) is 4.74 Å². The van der Waals surface area contributed by atoms with E-state index < -0.39 is 10.7 Å². The van der Waals surface area contributed by atoms with Crippen LogP contribution in [0.2, 0.25) is 0 Å². The van der Waals surface area contributed by atoms with Crippen LogP contribution in [0.1, 0.15) is 6.42 Å². The third kappa shape index (κ3) is 3.04. The van der Waals surface area contributed by atoms with Gasteiger partial charge in [0.05, 0.1) is 4.92 Å². The third-order valence-electron chi connectivity index (χ3n) is 2.44. The summed E-state index contributed by atoms with van der Waals surface area (Å²) >= 11 is 0. The Morgan fingerprint density at radius 2 is 2.29 bits per heavy atom. The summed E-state index contributed by atoms with van der Waals surface area (Å²) in [6.07, 6.45) is 0.529. The molecular weight excluding hydrogens is 251 g/mol. The molecule has 7 heteroatoms. The molecule has 1 N–H and O–H groups in total. The Bertz CT molecular complexity index is 411. The molecule has 1 unspecified atom stereocenters. The molecule has 0 bridgehead atoms. The molecule has 1 saturated heterocycles. The minimum absolute atomic E-state index is 0. The van der Waals surface area contributed by atoms with E-state index in [1.54, 1.807) is 0 Å². The fourth-order valence-electron chi connectivity index (χ4n) is 1.65. The van der Waals surface area contributed by atoms with Crippen LogP contribution >= 0.6 is 12.4 Å².